The molecule has 0 aromatic heterocycles. The Kier molecular flexibility index (Phi) is 5.33. The first-order valence-electron chi connectivity index (χ1n) is 7.42. The minimum Gasteiger partial charge on any atom is -0.380 e. The Hall–Kier alpha value is -1.43. The van der Waals surface area contributed by atoms with E-state index in [4.69, 9.17) is 10.5 Å². The normalized spacial score (nSPS) is 22.7. The fourth-order valence-corrected chi connectivity index (χ4v) is 3.07. The number of hydrogen-bond acceptors (Lipinski definition) is 4. The van der Waals surface area contributed by atoms with Crippen LogP contribution in [-0.4, -0.2) is 50.7 Å². The number of carbonyl (C=O) groups is 1. The molecule has 21 heavy (non-hydrogen) atoms. The van der Waals surface area contributed by atoms with Gasteiger partial charge in [0.05, 0.1) is 6.10 Å². The van der Waals surface area contributed by atoms with Gasteiger partial charge in [0.15, 0.2) is 0 Å². The molecule has 1 amide bonds. The molecule has 1 aromatic rings. The zero-order valence-corrected chi connectivity index (χ0v) is 12.8. The molecule has 2 atom stereocenters. The first-order valence-corrected chi connectivity index (χ1v) is 7.42. The molecule has 0 spiro atoms. The van der Waals surface area contributed by atoms with Gasteiger partial charge in [0.1, 0.15) is 5.54 Å². The summed E-state index contributed by atoms with van der Waals surface area (Å²) >= 11 is 0. The number of carbonyl (C=O) groups excluding carboxylic acids is 1. The fourth-order valence-electron chi connectivity index (χ4n) is 3.07. The SMILES string of the molecule is CNC(CN1CCCC(OC)C1)(C(N)=O)c1ccccc1. The van der Waals surface area contributed by atoms with Gasteiger partial charge in [-0.05, 0) is 32.0 Å². The summed E-state index contributed by atoms with van der Waals surface area (Å²) in [6.07, 6.45) is 2.38. The molecule has 3 N–H and O–H groups in total. The van der Waals surface area contributed by atoms with Crippen molar-refractivity contribution in [3.63, 3.8) is 0 Å². The van der Waals surface area contributed by atoms with Crippen molar-refractivity contribution in [2.45, 2.75) is 24.5 Å². The van der Waals surface area contributed by atoms with Crippen molar-refractivity contribution in [2.24, 2.45) is 5.73 Å². The van der Waals surface area contributed by atoms with E-state index in [9.17, 15) is 4.79 Å². The number of piperidine rings is 1. The molecule has 2 unspecified atom stereocenters. The van der Waals surface area contributed by atoms with Crippen LogP contribution in [0, 0.1) is 0 Å². The predicted octanol–water partition coefficient (Wildman–Crippen LogP) is 0.697. The summed E-state index contributed by atoms with van der Waals surface area (Å²) < 4.78 is 5.46. The van der Waals surface area contributed by atoms with E-state index in [1.165, 1.54) is 0 Å². The van der Waals surface area contributed by atoms with Crippen LogP contribution in [0.1, 0.15) is 18.4 Å². The monoisotopic (exact) mass is 291 g/mol. The minimum absolute atomic E-state index is 0.233. The van der Waals surface area contributed by atoms with Gasteiger partial charge in [-0.2, -0.15) is 0 Å². The third-order valence-corrected chi connectivity index (χ3v) is 4.37. The molecule has 1 heterocycles. The number of ether oxygens (including phenoxy) is 1. The van der Waals surface area contributed by atoms with Gasteiger partial charge in [-0.3, -0.25) is 9.69 Å². The van der Waals surface area contributed by atoms with Crippen LogP contribution in [0.3, 0.4) is 0 Å². The Bertz CT molecular complexity index is 466. The van der Waals surface area contributed by atoms with Gasteiger partial charge in [-0.15, -0.1) is 0 Å². The second-order valence-corrected chi connectivity index (χ2v) is 5.62. The molecule has 0 saturated carbocycles. The summed E-state index contributed by atoms with van der Waals surface area (Å²) in [4.78, 5) is 14.4. The lowest BCUT2D eigenvalue weighted by atomic mass is 9.87. The van der Waals surface area contributed by atoms with Crippen LogP contribution in [0.4, 0.5) is 0 Å². The number of rotatable bonds is 6. The van der Waals surface area contributed by atoms with E-state index >= 15 is 0 Å². The molecular formula is C16H25N3O2. The molecule has 5 heteroatoms. The number of nitrogens with two attached hydrogens (primary N) is 1. The van der Waals surface area contributed by atoms with Gasteiger partial charge in [0.25, 0.3) is 0 Å². The van der Waals surface area contributed by atoms with Crippen molar-refractivity contribution >= 4 is 5.91 Å². The Morgan fingerprint density at radius 3 is 2.76 bits per heavy atom. The third-order valence-electron chi connectivity index (χ3n) is 4.37. The number of nitrogens with one attached hydrogen (secondary N) is 1. The Labute approximate surface area is 126 Å². The molecule has 5 nitrogen and oxygen atoms in total. The van der Waals surface area contributed by atoms with Gasteiger partial charge in [0.2, 0.25) is 5.91 Å². The first-order chi connectivity index (χ1) is 10.1. The average Bonchev–Trinajstić information content (AvgIpc) is 2.53. The topological polar surface area (TPSA) is 67.6 Å². The van der Waals surface area contributed by atoms with Crippen LogP contribution in [0.5, 0.6) is 0 Å². The summed E-state index contributed by atoms with van der Waals surface area (Å²) in [5, 5.41) is 3.15. The summed E-state index contributed by atoms with van der Waals surface area (Å²) in [5.41, 5.74) is 5.78. The van der Waals surface area contributed by atoms with Crippen molar-refractivity contribution < 1.29 is 9.53 Å². The molecule has 2 rings (SSSR count). The summed E-state index contributed by atoms with van der Waals surface area (Å²) in [6, 6.07) is 9.68. The van der Waals surface area contributed by atoms with Gasteiger partial charge in [0, 0.05) is 20.2 Å². The van der Waals surface area contributed by atoms with E-state index in [0.29, 0.717) is 6.54 Å². The number of likely N-dealkylation sites (tertiary alicyclic amines) is 1. The molecular weight excluding hydrogens is 266 g/mol. The molecule has 1 saturated heterocycles. The maximum atomic E-state index is 12.2. The summed E-state index contributed by atoms with van der Waals surface area (Å²) in [5.74, 6) is -0.351. The van der Waals surface area contributed by atoms with Gasteiger partial charge in [-0.1, -0.05) is 30.3 Å². The fraction of sp³-hybridized carbons (Fsp3) is 0.562. The zero-order valence-electron chi connectivity index (χ0n) is 12.8. The highest BCUT2D eigenvalue weighted by molar-refractivity contribution is 5.86. The van der Waals surface area contributed by atoms with Gasteiger partial charge < -0.3 is 15.8 Å². The van der Waals surface area contributed by atoms with Crippen molar-refractivity contribution in [3.05, 3.63) is 35.9 Å². The standard InChI is InChI=1S/C16H25N3O2/c1-18-16(15(17)20,13-7-4-3-5-8-13)12-19-10-6-9-14(11-19)21-2/h3-5,7-8,14,18H,6,9-12H2,1-2H3,(H2,17,20). The smallest absolute Gasteiger partial charge is 0.243 e. The van der Waals surface area contributed by atoms with Crippen molar-refractivity contribution in [3.8, 4) is 0 Å². The van der Waals surface area contributed by atoms with E-state index < -0.39 is 5.54 Å². The summed E-state index contributed by atoms with van der Waals surface area (Å²) in [7, 11) is 3.53. The molecule has 0 radical (unpaired) electrons. The number of benzene rings is 1. The highest BCUT2D eigenvalue weighted by atomic mass is 16.5. The van der Waals surface area contributed by atoms with Crippen LogP contribution in [0.25, 0.3) is 0 Å². The number of nitrogens with zero attached hydrogens (tertiary/aromatic N) is 1. The predicted molar refractivity (Wildman–Crippen MR) is 82.8 cm³/mol. The van der Waals surface area contributed by atoms with Crippen LogP contribution in [0.2, 0.25) is 0 Å². The second kappa shape index (κ2) is 7.02. The van der Waals surface area contributed by atoms with Crippen molar-refractivity contribution in [1.82, 2.24) is 10.2 Å². The zero-order chi connectivity index (χ0) is 15.3. The largest absolute Gasteiger partial charge is 0.380 e. The lowest BCUT2D eigenvalue weighted by Crippen LogP contribution is -2.59. The molecule has 0 aliphatic carbocycles. The lowest BCUT2D eigenvalue weighted by Gasteiger charge is -2.39. The Balaban J connectivity index is 2.23. The average molecular weight is 291 g/mol. The minimum atomic E-state index is -0.864. The maximum absolute atomic E-state index is 12.2. The van der Waals surface area contributed by atoms with E-state index in [2.05, 4.69) is 10.2 Å². The van der Waals surface area contributed by atoms with Crippen LogP contribution in [0.15, 0.2) is 30.3 Å². The number of primary amides is 1. The van der Waals surface area contributed by atoms with Crippen LogP contribution < -0.4 is 11.1 Å². The van der Waals surface area contributed by atoms with Crippen LogP contribution in [-0.2, 0) is 15.1 Å². The number of hydrogen-bond donors (Lipinski definition) is 2. The Morgan fingerprint density at radius 1 is 1.48 bits per heavy atom. The summed E-state index contributed by atoms with van der Waals surface area (Å²) in [6.45, 7) is 2.35. The van der Waals surface area contributed by atoms with E-state index in [1.54, 1.807) is 14.2 Å². The van der Waals surface area contributed by atoms with Crippen molar-refractivity contribution in [2.75, 3.05) is 33.8 Å². The first kappa shape index (κ1) is 15.9. The molecule has 0 bridgehead atoms. The second-order valence-electron chi connectivity index (χ2n) is 5.62. The number of amides is 1. The molecule has 1 fully saturated rings. The Morgan fingerprint density at radius 2 is 2.19 bits per heavy atom. The quantitative estimate of drug-likeness (QED) is 0.809. The lowest BCUT2D eigenvalue weighted by molar-refractivity contribution is -0.126. The van der Waals surface area contributed by atoms with E-state index in [1.807, 2.05) is 30.3 Å². The molecule has 116 valence electrons. The molecule has 1 aliphatic rings. The molecule has 1 aliphatic heterocycles. The molecule has 1 aromatic carbocycles. The highest BCUT2D eigenvalue weighted by Gasteiger charge is 2.39. The van der Waals surface area contributed by atoms with E-state index in [0.717, 1.165) is 31.5 Å². The maximum Gasteiger partial charge on any atom is 0.243 e. The third kappa shape index (κ3) is 3.43. The number of methoxy groups -OCH3 is 1. The highest BCUT2D eigenvalue weighted by Crippen LogP contribution is 2.24. The van der Waals surface area contributed by atoms with Crippen molar-refractivity contribution in [1.29, 1.82) is 0 Å². The number of likely N-dealkylation sites (N-methyl/N-ethyl adjacent to an activating group) is 1. The van der Waals surface area contributed by atoms with E-state index in [-0.39, 0.29) is 12.0 Å². The van der Waals surface area contributed by atoms with Gasteiger partial charge >= 0.3 is 0 Å². The van der Waals surface area contributed by atoms with Gasteiger partial charge in [-0.25, -0.2) is 0 Å². The van der Waals surface area contributed by atoms with Crippen LogP contribution >= 0.6 is 0 Å².